The molecular formula is C19H22I52N2O3. The Bertz CT molecular complexity index is 1890. The molecule has 0 spiro atoms. The number of rotatable bonds is 29. The van der Waals surface area contributed by atoms with E-state index in [4.69, 9.17) is 16.1 Å². The molecule has 2 aromatic carbocycles. The molecule has 57 heteroatoms. The van der Waals surface area contributed by atoms with Crippen LogP contribution in [0.1, 0.15) is 27.0 Å². The minimum atomic E-state index is -0.583. The zero-order valence-corrected chi connectivity index (χ0v) is 146. The molecule has 0 aliphatic rings. The third-order valence-corrected chi connectivity index (χ3v) is 3970. The molecule has 2 aromatic rings. The number of carbonyl (C=O) groups is 1. The Hall–Kier alpha value is 35.3. The van der Waals surface area contributed by atoms with Crippen molar-refractivity contribution in [1.82, 2.24) is 0 Å². The van der Waals surface area contributed by atoms with Crippen LogP contribution in [-0.2, 0) is 24.2 Å². The van der Waals surface area contributed by atoms with Crippen molar-refractivity contribution in [2.24, 2.45) is 5.73 Å². The molecule has 3 N–H and O–H groups in total. The SMILES string of the molecule is COC(=O)c1ccccc1CC#N.II(I)I(I)I(I)I(I)I(I)I(I)I(I)I(I)I(I)I(I)I(I)I(I)I(I)I(I)I(I)I(I)I(I)I(I)I(I)I(I)I(I)I(I)I(I)I(I)I(I)I.NCCc1ccccc1CO. The Labute approximate surface area is 799 Å². The fourth-order valence-electron chi connectivity index (χ4n) is 2.89. The van der Waals surface area contributed by atoms with Gasteiger partial charge in [0, 0.05) is 0 Å². The van der Waals surface area contributed by atoms with E-state index in [0.717, 1.165) is 17.5 Å². The quantitative estimate of drug-likeness (QED) is 0.0625. The minimum Gasteiger partial charge on any atom is -0.392 e. The molecule has 0 atom stereocenters. The number of benzene rings is 2. The van der Waals surface area contributed by atoms with E-state index < -0.39 is 203 Å². The molecule has 0 heterocycles. The maximum Gasteiger partial charge on any atom is 0.0684 e. The van der Waals surface area contributed by atoms with Crippen molar-refractivity contribution >= 4 is 706 Å². The van der Waals surface area contributed by atoms with Crippen molar-refractivity contribution in [3.8, 4) is 6.07 Å². The monoisotopic (exact) mass is 6930 g/mol. The number of halogens is 52. The number of nitriles is 1. The molecule has 0 saturated carbocycles. The van der Waals surface area contributed by atoms with Crippen LogP contribution in [0.4, 0.5) is 0 Å². The van der Waals surface area contributed by atoms with Crippen LogP contribution in [0.3, 0.4) is 0 Å². The summed E-state index contributed by atoms with van der Waals surface area (Å²) in [6.45, 7) is 0.743. The topological polar surface area (TPSA) is 96.3 Å². The maximum absolute atomic E-state index is 11.2. The van der Waals surface area contributed by atoms with Crippen LogP contribution in [0.15, 0.2) is 48.5 Å². The van der Waals surface area contributed by atoms with Gasteiger partial charge in [-0.3, -0.25) is 0 Å². The van der Waals surface area contributed by atoms with Crippen LogP contribution in [0.2, 0.25) is 0 Å². The Morgan fingerprint density at radius 1 is 0.421 bits per heavy atom. The number of ether oxygens (including phenoxy) is 1. The van der Waals surface area contributed by atoms with E-state index >= 15 is 0 Å². The average Bonchev–Trinajstić information content (AvgIpc) is 3.42. The summed E-state index contributed by atoms with van der Waals surface area (Å²) in [5.74, 6) is -0.397. The number of methoxy groups -OCH3 is 1. The van der Waals surface area contributed by atoms with Gasteiger partial charge in [0.2, 0.25) is 0 Å². The smallest absolute Gasteiger partial charge is 0.0684 e. The molecule has 0 amide bonds. The second kappa shape index (κ2) is 67.9. The van der Waals surface area contributed by atoms with E-state index in [-0.39, 0.29) is 13.0 Å². The fourth-order valence-corrected chi connectivity index (χ4v) is 9640. The zero-order valence-electron chi connectivity index (χ0n) is 33.4. The van der Waals surface area contributed by atoms with Gasteiger partial charge < -0.3 is 15.6 Å². The maximum atomic E-state index is 11.2. The largest absolute Gasteiger partial charge is 0.392 e. The molecule has 2 rings (SSSR count). The third kappa shape index (κ3) is 45.8. The van der Waals surface area contributed by atoms with Crippen molar-refractivity contribution < 1.29 is 14.6 Å². The van der Waals surface area contributed by atoms with Crippen LogP contribution >= 0.6 is 700 Å². The molecule has 5 nitrogen and oxygen atoms in total. The predicted molar refractivity (Wildman–Crippen MR) is 821 cm³/mol. The van der Waals surface area contributed by atoms with Gasteiger partial charge in [0.05, 0.1) is 31.8 Å². The molecule has 0 saturated heterocycles. The van der Waals surface area contributed by atoms with Gasteiger partial charge in [-0.05, 0) is 35.7 Å². The molecular weight excluding hydrogens is 6900 g/mol. The first-order chi connectivity index (χ1) is 35.3. The van der Waals surface area contributed by atoms with Crippen molar-refractivity contribution in [2.45, 2.75) is 19.4 Å². The Morgan fingerprint density at radius 3 is 0.855 bits per heavy atom. The summed E-state index contributed by atoms with van der Waals surface area (Å²) in [7, 11) is -12.2. The zero-order chi connectivity index (χ0) is 59.2. The fraction of sp³-hybridized carbons (Fsp3) is 0.263. The molecule has 0 unspecified atom stereocenters. The van der Waals surface area contributed by atoms with Gasteiger partial charge in [-0.2, -0.15) is 5.26 Å². The second-order valence-electron chi connectivity index (χ2n) is 9.00. The summed E-state index contributed by atoms with van der Waals surface area (Å²) in [6.07, 6.45) is 1.07. The summed E-state index contributed by atoms with van der Waals surface area (Å²) in [4.78, 5) is 11.2. The van der Waals surface area contributed by atoms with Gasteiger partial charge in [-0.1, -0.05) is 42.5 Å². The first-order valence-electron chi connectivity index (χ1n) is 14.9. The molecule has 0 aliphatic heterocycles. The number of nitrogens with two attached hydrogens (primary N) is 1. The summed E-state index contributed by atoms with van der Waals surface area (Å²) >= 11 is 88.4. The molecule has 0 aliphatic carbocycles. The summed E-state index contributed by atoms with van der Waals surface area (Å²) < 4.78 is 4.57. The van der Waals surface area contributed by atoms with Crippen LogP contribution in [-0.4, -0.2) is 24.7 Å². The van der Waals surface area contributed by atoms with Gasteiger partial charge in [-0.25, -0.2) is 4.79 Å². The number of nitrogens with zero attached hydrogens (tertiary/aromatic N) is 1. The van der Waals surface area contributed by atoms with Crippen LogP contribution < -0.4 is 5.73 Å². The molecule has 490 valence electrons. The van der Waals surface area contributed by atoms with E-state index in [1.165, 1.54) is 7.11 Å². The Kier molecular flexibility index (Phi) is 99.4. The molecule has 0 radical (unpaired) electrons. The van der Waals surface area contributed by atoms with Gasteiger partial charge in [0.15, 0.2) is 0 Å². The van der Waals surface area contributed by atoms with E-state index in [9.17, 15) is 4.79 Å². The summed E-state index contributed by atoms with van der Waals surface area (Å²) in [5, 5.41) is 17.4. The van der Waals surface area contributed by atoms with Crippen LogP contribution in [0.5, 0.6) is 0 Å². The molecule has 76 heavy (non-hydrogen) atoms. The van der Waals surface area contributed by atoms with E-state index in [2.05, 4.69) is 507 Å². The van der Waals surface area contributed by atoms with Crippen molar-refractivity contribution in [2.75, 3.05) is 13.7 Å². The number of hydrogen-bond acceptors (Lipinski definition) is 5. The number of hydrogen-bond donors (Lipinski definition) is 2. The van der Waals surface area contributed by atoms with Gasteiger partial charge >= 0.3 is 706 Å². The minimum absolute atomic E-state index is 0.107. The van der Waals surface area contributed by atoms with Gasteiger partial charge in [-0.15, -0.1) is 0 Å². The standard InChI is InChI=1S/C10H9NO2.C9H13NO.I52/c1-13-10(12)9-5-3-2-4-8(9)6-7-11;10-6-5-8-3-1-2-4-9(8)7-11;1-28(2)30(5)32(7)34(9)36(11)38(13)40(15)42(17)44(19)46(21)48(23)50(25)52(27)51(26)49(24)47(22)45(20)43(18)41(16)39(14)37(12)35(10)33(8)31(6)29(3)4/h2-5H,6H2,1H3;1-4,11H,5-7,10H2;. The first kappa shape index (κ1) is 111. The van der Waals surface area contributed by atoms with E-state index in [1.54, 1.807) is 24.3 Å². The third-order valence-electron chi connectivity index (χ3n) is 5.35. The number of carbonyl (C=O) groups excluding carboxylic acids is 1. The molecule has 0 fully saturated rings. The van der Waals surface area contributed by atoms with Crippen molar-refractivity contribution in [3.63, 3.8) is 0 Å². The normalized spacial score (nSPS) is 15.9. The molecule has 0 bridgehead atoms. The van der Waals surface area contributed by atoms with Crippen molar-refractivity contribution in [3.05, 3.63) is 70.8 Å². The summed E-state index contributed by atoms with van der Waals surface area (Å²) in [6, 6.07) is 16.7. The van der Waals surface area contributed by atoms with Gasteiger partial charge in [0.1, 0.15) is 0 Å². The van der Waals surface area contributed by atoms with E-state index in [1.807, 2.05) is 30.3 Å². The van der Waals surface area contributed by atoms with Crippen LogP contribution in [0, 0.1) is 11.3 Å². The van der Waals surface area contributed by atoms with Gasteiger partial charge in [0.25, 0.3) is 0 Å². The number of aliphatic hydroxyl groups is 1. The Morgan fingerprint density at radius 2 is 0.645 bits per heavy atom. The molecule has 0 aromatic heterocycles. The van der Waals surface area contributed by atoms with Crippen LogP contribution in [0.25, 0.3) is 0 Å². The summed E-state index contributed by atoms with van der Waals surface area (Å²) in [5.41, 5.74) is 8.71. The number of esters is 1. The average molecular weight is 6930 g/mol. The second-order valence-corrected chi connectivity index (χ2v) is 1230. The van der Waals surface area contributed by atoms with Crippen molar-refractivity contribution in [1.29, 1.82) is 5.26 Å². The first-order valence-corrected chi connectivity index (χ1v) is 335. The van der Waals surface area contributed by atoms with E-state index in [0.29, 0.717) is 17.7 Å². The number of aliphatic hydroxyl groups excluding tert-OH is 1. The predicted octanol–water partition coefficient (Wildman–Crippen LogP) is 48.3. The Balaban J connectivity index is 0.00000188.